The molecule has 1 saturated carbocycles. The maximum atomic E-state index is 13.1. The van der Waals surface area contributed by atoms with E-state index in [1.54, 1.807) is 16.9 Å². The minimum atomic E-state index is -0.274. The Morgan fingerprint density at radius 3 is 2.88 bits per heavy atom. The van der Waals surface area contributed by atoms with Crippen LogP contribution >= 0.6 is 0 Å². The van der Waals surface area contributed by atoms with Gasteiger partial charge in [0.05, 0.1) is 24.1 Å². The first-order chi connectivity index (χ1) is 12.1. The summed E-state index contributed by atoms with van der Waals surface area (Å²) < 4.78 is 7.02. The van der Waals surface area contributed by atoms with Gasteiger partial charge in [-0.05, 0) is 32.3 Å². The first-order valence-electron chi connectivity index (χ1n) is 8.63. The molecule has 0 bridgehead atoms. The van der Waals surface area contributed by atoms with Crippen LogP contribution in [0.3, 0.4) is 0 Å². The number of amides is 1. The monoisotopic (exact) mass is 343 g/mol. The number of hydrogen-bond donors (Lipinski definition) is 1. The number of H-pyrrole nitrogens is 1. The molecule has 2 aliphatic rings. The second kappa shape index (κ2) is 6.44. The Kier molecular flexibility index (Phi) is 4.12. The molecule has 3 heterocycles. The Morgan fingerprint density at radius 2 is 2.24 bits per heavy atom. The van der Waals surface area contributed by atoms with Crippen molar-refractivity contribution < 1.29 is 9.53 Å². The van der Waals surface area contributed by atoms with Crippen molar-refractivity contribution in [2.45, 2.75) is 32.2 Å². The zero-order chi connectivity index (χ0) is 17.4. The predicted octanol–water partition coefficient (Wildman–Crippen LogP) is 0.905. The van der Waals surface area contributed by atoms with E-state index in [9.17, 15) is 9.59 Å². The van der Waals surface area contributed by atoms with E-state index in [2.05, 4.69) is 15.3 Å². The molecule has 4 rings (SSSR count). The topological polar surface area (TPSA) is 93.1 Å². The Bertz CT molecular complexity index is 813. The Balaban J connectivity index is 1.58. The van der Waals surface area contributed by atoms with E-state index in [4.69, 9.17) is 4.74 Å². The van der Waals surface area contributed by atoms with E-state index in [0.29, 0.717) is 23.3 Å². The third-order valence-corrected chi connectivity index (χ3v) is 4.85. The van der Waals surface area contributed by atoms with Gasteiger partial charge < -0.3 is 9.64 Å². The van der Waals surface area contributed by atoms with Gasteiger partial charge in [-0.15, -0.1) is 0 Å². The van der Waals surface area contributed by atoms with Gasteiger partial charge >= 0.3 is 0 Å². The van der Waals surface area contributed by atoms with Crippen molar-refractivity contribution in [2.24, 2.45) is 5.92 Å². The number of nitrogens with one attached hydrogen (secondary N) is 1. The second-order valence-corrected chi connectivity index (χ2v) is 6.75. The maximum absolute atomic E-state index is 13.1. The largest absolute Gasteiger partial charge is 0.381 e. The fraction of sp³-hybridized carbons (Fsp3) is 0.529. The number of carbonyl (C=O) groups excluding carboxylic acids is 1. The molecular weight excluding hydrogens is 322 g/mol. The first kappa shape index (κ1) is 16.0. The van der Waals surface area contributed by atoms with Gasteiger partial charge in [0.1, 0.15) is 0 Å². The lowest BCUT2D eigenvalue weighted by Crippen LogP contribution is -2.37. The third-order valence-electron chi connectivity index (χ3n) is 4.85. The molecule has 1 aliphatic carbocycles. The molecule has 25 heavy (non-hydrogen) atoms. The van der Waals surface area contributed by atoms with Gasteiger partial charge in [0.15, 0.2) is 5.82 Å². The highest BCUT2D eigenvalue weighted by Gasteiger charge is 2.36. The first-order valence-corrected chi connectivity index (χ1v) is 8.63. The van der Waals surface area contributed by atoms with Crippen LogP contribution in [0, 0.1) is 12.8 Å². The smallest absolute Gasteiger partial charge is 0.264 e. The summed E-state index contributed by atoms with van der Waals surface area (Å²) in [6.45, 7) is 4.10. The van der Waals surface area contributed by atoms with Crippen LogP contribution in [0.5, 0.6) is 0 Å². The van der Waals surface area contributed by atoms with Crippen molar-refractivity contribution in [3.63, 3.8) is 0 Å². The lowest BCUT2D eigenvalue weighted by atomic mass is 10.1. The molecule has 0 spiro atoms. The quantitative estimate of drug-likeness (QED) is 0.871. The number of hydrogen-bond acceptors (Lipinski definition) is 5. The highest BCUT2D eigenvalue weighted by atomic mass is 16.5. The molecule has 2 fully saturated rings. The molecule has 1 aliphatic heterocycles. The molecule has 132 valence electrons. The van der Waals surface area contributed by atoms with E-state index in [0.717, 1.165) is 44.7 Å². The van der Waals surface area contributed by atoms with Gasteiger partial charge in [0.2, 0.25) is 0 Å². The average molecular weight is 343 g/mol. The number of rotatable bonds is 5. The molecule has 1 atom stereocenters. The van der Waals surface area contributed by atoms with Gasteiger partial charge in [-0.2, -0.15) is 10.2 Å². The van der Waals surface area contributed by atoms with Crippen molar-refractivity contribution in [2.75, 3.05) is 19.8 Å². The maximum Gasteiger partial charge on any atom is 0.264 e. The molecule has 1 saturated heterocycles. The standard InChI is InChI=1S/C17H21N5O3/c1-11-14(8-18-22(11)15-4-5-16(23)20-19-15)17(24)21(13-2-3-13)9-12-6-7-25-10-12/h4-5,8,12-13H,2-3,6-7,9-10H2,1H3,(H,20,23)/t12-/m1/s1. The van der Waals surface area contributed by atoms with Crippen molar-refractivity contribution in [1.82, 2.24) is 24.9 Å². The summed E-state index contributed by atoms with van der Waals surface area (Å²) in [6, 6.07) is 3.31. The molecule has 1 amide bonds. The minimum Gasteiger partial charge on any atom is -0.381 e. The summed E-state index contributed by atoms with van der Waals surface area (Å²) in [4.78, 5) is 26.2. The van der Waals surface area contributed by atoms with Crippen LogP contribution in [-0.4, -0.2) is 56.6 Å². The Morgan fingerprint density at radius 1 is 1.40 bits per heavy atom. The van der Waals surface area contributed by atoms with Gasteiger partial charge in [0, 0.05) is 31.2 Å². The summed E-state index contributed by atoms with van der Waals surface area (Å²) in [5.41, 5.74) is 1.03. The number of nitrogens with zero attached hydrogens (tertiary/aromatic N) is 4. The lowest BCUT2D eigenvalue weighted by molar-refractivity contribution is 0.0705. The molecular formula is C17H21N5O3. The normalized spacial score (nSPS) is 20.0. The molecule has 2 aromatic heterocycles. The molecule has 0 aromatic carbocycles. The van der Waals surface area contributed by atoms with Crippen LogP contribution in [0.15, 0.2) is 23.1 Å². The van der Waals surface area contributed by atoms with E-state index >= 15 is 0 Å². The SMILES string of the molecule is Cc1c(C(=O)N(C[C@H]2CCOC2)C2CC2)cnn1-c1ccc(=O)[nH]n1. The van der Waals surface area contributed by atoms with Crippen LogP contribution in [0.2, 0.25) is 0 Å². The molecule has 8 nitrogen and oxygen atoms in total. The van der Waals surface area contributed by atoms with Gasteiger partial charge in [-0.25, -0.2) is 9.78 Å². The summed E-state index contributed by atoms with van der Waals surface area (Å²) in [6.07, 6.45) is 4.73. The van der Waals surface area contributed by atoms with Crippen molar-refractivity contribution in [3.8, 4) is 5.82 Å². The molecule has 2 aromatic rings. The van der Waals surface area contributed by atoms with Crippen molar-refractivity contribution >= 4 is 5.91 Å². The summed E-state index contributed by atoms with van der Waals surface area (Å²) in [7, 11) is 0. The van der Waals surface area contributed by atoms with Crippen LogP contribution in [0.1, 0.15) is 35.3 Å². The van der Waals surface area contributed by atoms with Crippen LogP contribution < -0.4 is 5.56 Å². The lowest BCUT2D eigenvalue weighted by Gasteiger charge is -2.25. The highest BCUT2D eigenvalue weighted by Crippen LogP contribution is 2.31. The fourth-order valence-electron chi connectivity index (χ4n) is 3.25. The zero-order valence-electron chi connectivity index (χ0n) is 14.1. The zero-order valence-corrected chi connectivity index (χ0v) is 14.1. The van der Waals surface area contributed by atoms with Crippen LogP contribution in [0.25, 0.3) is 5.82 Å². The number of aromatic amines is 1. The molecule has 0 unspecified atom stereocenters. The summed E-state index contributed by atoms with van der Waals surface area (Å²) in [5.74, 6) is 0.918. The second-order valence-electron chi connectivity index (χ2n) is 6.75. The van der Waals surface area contributed by atoms with Gasteiger partial charge in [0.25, 0.3) is 11.5 Å². The van der Waals surface area contributed by atoms with Gasteiger partial charge in [-0.1, -0.05) is 0 Å². The average Bonchev–Trinajstić information content (AvgIpc) is 3.18. The summed E-state index contributed by atoms with van der Waals surface area (Å²) >= 11 is 0. The number of ether oxygens (including phenoxy) is 1. The van der Waals surface area contributed by atoms with E-state index in [-0.39, 0.29) is 11.5 Å². The Hall–Kier alpha value is -2.48. The summed E-state index contributed by atoms with van der Waals surface area (Å²) in [5, 5.41) is 10.7. The predicted molar refractivity (Wildman–Crippen MR) is 89.7 cm³/mol. The van der Waals surface area contributed by atoms with E-state index in [1.807, 2.05) is 11.8 Å². The van der Waals surface area contributed by atoms with Crippen molar-refractivity contribution in [1.29, 1.82) is 0 Å². The Labute approximate surface area is 144 Å². The van der Waals surface area contributed by atoms with Crippen LogP contribution in [-0.2, 0) is 4.74 Å². The van der Waals surface area contributed by atoms with Gasteiger partial charge in [-0.3, -0.25) is 9.59 Å². The number of aromatic nitrogens is 4. The highest BCUT2D eigenvalue weighted by molar-refractivity contribution is 5.95. The van der Waals surface area contributed by atoms with E-state index in [1.165, 1.54) is 6.07 Å². The number of carbonyl (C=O) groups is 1. The molecule has 8 heteroatoms. The van der Waals surface area contributed by atoms with E-state index < -0.39 is 0 Å². The van der Waals surface area contributed by atoms with Crippen molar-refractivity contribution in [3.05, 3.63) is 39.9 Å². The fourth-order valence-corrected chi connectivity index (χ4v) is 3.25. The minimum absolute atomic E-state index is 0.0163. The van der Waals surface area contributed by atoms with Crippen LogP contribution in [0.4, 0.5) is 0 Å². The molecule has 1 N–H and O–H groups in total. The molecule has 0 radical (unpaired) electrons. The third kappa shape index (κ3) is 3.21.